The Hall–Kier alpha value is -5.02. The van der Waals surface area contributed by atoms with E-state index in [0.717, 1.165) is 39.0 Å². The number of benzene rings is 6. The molecule has 2 aromatic heterocycles. The second-order valence-electron chi connectivity index (χ2n) is 9.51. The first-order chi connectivity index (χ1) is 18.3. The second kappa shape index (κ2) is 7.74. The summed E-state index contributed by atoms with van der Waals surface area (Å²) in [6, 6.07) is 44.8. The van der Waals surface area contributed by atoms with Gasteiger partial charge in [-0.3, -0.25) is 0 Å². The van der Waals surface area contributed by atoms with Crippen molar-refractivity contribution < 1.29 is 4.42 Å². The maximum atomic E-state index is 6.35. The molecule has 3 nitrogen and oxygen atoms in total. The quantitative estimate of drug-likeness (QED) is 0.276. The van der Waals surface area contributed by atoms with E-state index < -0.39 is 0 Å². The van der Waals surface area contributed by atoms with Gasteiger partial charge in [0, 0.05) is 50.1 Å². The molecule has 0 bridgehead atoms. The Labute approximate surface area is 213 Å². The molecule has 6 aromatic carbocycles. The van der Waals surface area contributed by atoms with Gasteiger partial charge in [0.15, 0.2) is 0 Å². The van der Waals surface area contributed by atoms with Crippen molar-refractivity contribution in [3.63, 3.8) is 0 Å². The highest BCUT2D eigenvalue weighted by molar-refractivity contribution is 6.10. The van der Waals surface area contributed by atoms with E-state index in [1.807, 2.05) is 0 Å². The van der Waals surface area contributed by atoms with Gasteiger partial charge in [-0.15, -0.1) is 0 Å². The van der Waals surface area contributed by atoms with Gasteiger partial charge in [0.05, 0.1) is 11.0 Å². The van der Waals surface area contributed by atoms with Crippen LogP contribution < -0.4 is 5.32 Å². The van der Waals surface area contributed by atoms with Gasteiger partial charge in [-0.05, 0) is 53.9 Å². The molecule has 0 radical (unpaired) electrons. The molecule has 0 amide bonds. The van der Waals surface area contributed by atoms with Gasteiger partial charge in [0.25, 0.3) is 0 Å². The van der Waals surface area contributed by atoms with Crippen molar-refractivity contribution in [2.75, 3.05) is 5.32 Å². The third-order valence-corrected chi connectivity index (χ3v) is 7.36. The molecule has 8 rings (SSSR count). The smallest absolute Gasteiger partial charge is 0.137 e. The zero-order valence-electron chi connectivity index (χ0n) is 20.0. The molecule has 0 aliphatic carbocycles. The van der Waals surface area contributed by atoms with E-state index in [1.165, 1.54) is 32.6 Å². The van der Waals surface area contributed by atoms with E-state index in [1.54, 1.807) is 0 Å². The first-order valence-electron chi connectivity index (χ1n) is 12.5. The summed E-state index contributed by atoms with van der Waals surface area (Å²) in [4.78, 5) is 0. The number of anilines is 2. The Bertz CT molecular complexity index is 2070. The number of furan rings is 1. The molecule has 174 valence electrons. The number of nitrogens with one attached hydrogen (secondary N) is 1. The predicted octanol–water partition coefficient (Wildman–Crippen LogP) is 9.58. The lowest BCUT2D eigenvalue weighted by atomic mass is 10.1. The summed E-state index contributed by atoms with van der Waals surface area (Å²) in [5.41, 5.74) is 7.39. The lowest BCUT2D eigenvalue weighted by molar-refractivity contribution is 0.668. The lowest BCUT2D eigenvalue weighted by Gasteiger charge is -2.10. The third-order valence-electron chi connectivity index (χ3n) is 7.36. The van der Waals surface area contributed by atoms with Crippen molar-refractivity contribution in [2.24, 2.45) is 0 Å². The van der Waals surface area contributed by atoms with Crippen LogP contribution in [0.15, 0.2) is 132 Å². The van der Waals surface area contributed by atoms with E-state index in [-0.39, 0.29) is 0 Å². The Morgan fingerprint density at radius 3 is 2.00 bits per heavy atom. The van der Waals surface area contributed by atoms with Gasteiger partial charge in [-0.1, -0.05) is 72.8 Å². The summed E-state index contributed by atoms with van der Waals surface area (Å²) < 4.78 is 8.67. The minimum absolute atomic E-state index is 0.886. The van der Waals surface area contributed by atoms with Crippen molar-refractivity contribution in [2.45, 2.75) is 0 Å². The van der Waals surface area contributed by atoms with E-state index >= 15 is 0 Å². The van der Waals surface area contributed by atoms with E-state index in [0.29, 0.717) is 0 Å². The van der Waals surface area contributed by atoms with Crippen molar-refractivity contribution in [3.05, 3.63) is 127 Å². The molecule has 8 aromatic rings. The van der Waals surface area contributed by atoms with Crippen LogP contribution in [-0.2, 0) is 0 Å². The van der Waals surface area contributed by atoms with E-state index in [9.17, 15) is 0 Å². The van der Waals surface area contributed by atoms with Gasteiger partial charge in [-0.25, -0.2) is 0 Å². The largest absolute Gasteiger partial charge is 0.456 e. The van der Waals surface area contributed by atoms with Crippen molar-refractivity contribution in [3.8, 4) is 5.69 Å². The molecule has 0 atom stereocenters. The van der Waals surface area contributed by atoms with Crippen LogP contribution in [0.4, 0.5) is 11.4 Å². The van der Waals surface area contributed by atoms with Gasteiger partial charge in [0.1, 0.15) is 11.2 Å². The highest BCUT2D eigenvalue weighted by Crippen LogP contribution is 2.36. The Morgan fingerprint density at radius 1 is 0.486 bits per heavy atom. The molecule has 0 aliphatic rings. The molecular weight excluding hydrogens is 452 g/mol. The summed E-state index contributed by atoms with van der Waals surface area (Å²) in [6.45, 7) is 0. The maximum Gasteiger partial charge on any atom is 0.137 e. The predicted molar refractivity (Wildman–Crippen MR) is 155 cm³/mol. The molecule has 0 unspecified atom stereocenters. The lowest BCUT2D eigenvalue weighted by Crippen LogP contribution is -1.93. The van der Waals surface area contributed by atoms with Crippen LogP contribution in [0.2, 0.25) is 0 Å². The monoisotopic (exact) mass is 474 g/mol. The molecule has 0 saturated carbocycles. The average Bonchev–Trinajstić information content (AvgIpc) is 3.48. The summed E-state index contributed by atoms with van der Waals surface area (Å²) in [7, 11) is 0. The van der Waals surface area contributed by atoms with Crippen LogP contribution in [0.1, 0.15) is 0 Å². The fourth-order valence-corrected chi connectivity index (χ4v) is 5.67. The molecule has 1 N–H and O–H groups in total. The minimum Gasteiger partial charge on any atom is -0.456 e. The van der Waals surface area contributed by atoms with Crippen LogP contribution in [0.25, 0.3) is 60.2 Å². The average molecular weight is 475 g/mol. The molecule has 0 fully saturated rings. The number of nitrogens with zero attached hydrogens (tertiary/aromatic N) is 1. The molecule has 0 saturated heterocycles. The highest BCUT2D eigenvalue weighted by Gasteiger charge is 2.14. The Morgan fingerprint density at radius 2 is 1.19 bits per heavy atom. The normalized spacial score (nSPS) is 11.8. The van der Waals surface area contributed by atoms with Crippen LogP contribution in [-0.4, -0.2) is 4.57 Å². The Balaban J connectivity index is 1.26. The van der Waals surface area contributed by atoms with Crippen molar-refractivity contribution >= 4 is 65.9 Å². The standard InChI is InChI=1S/C34H22N2O/c1-2-10-25-22(8-1)9-7-13-30(25)35-23-16-19-33-29(20-23)28-18-17-24(21-34(28)37-33)36-31-14-5-3-11-26(31)27-12-4-6-15-32(27)36/h1-21,35H. The van der Waals surface area contributed by atoms with Gasteiger partial charge in [0.2, 0.25) is 0 Å². The highest BCUT2D eigenvalue weighted by atomic mass is 16.3. The summed E-state index contributed by atoms with van der Waals surface area (Å²) in [5.74, 6) is 0. The minimum atomic E-state index is 0.886. The van der Waals surface area contributed by atoms with Crippen LogP contribution in [0, 0.1) is 0 Å². The molecule has 3 heteroatoms. The van der Waals surface area contributed by atoms with Crippen molar-refractivity contribution in [1.29, 1.82) is 0 Å². The Kier molecular flexibility index (Phi) is 4.23. The molecule has 2 heterocycles. The molecular formula is C34H22N2O. The van der Waals surface area contributed by atoms with Crippen LogP contribution in [0.5, 0.6) is 0 Å². The number of aromatic nitrogens is 1. The first kappa shape index (κ1) is 20.2. The van der Waals surface area contributed by atoms with Crippen LogP contribution >= 0.6 is 0 Å². The van der Waals surface area contributed by atoms with E-state index in [2.05, 4.69) is 137 Å². The van der Waals surface area contributed by atoms with E-state index in [4.69, 9.17) is 4.42 Å². The fraction of sp³-hybridized carbons (Fsp3) is 0. The zero-order chi connectivity index (χ0) is 24.3. The molecule has 0 aliphatic heterocycles. The number of hydrogen-bond donors (Lipinski definition) is 1. The maximum absolute atomic E-state index is 6.35. The fourth-order valence-electron chi connectivity index (χ4n) is 5.67. The summed E-state index contributed by atoms with van der Waals surface area (Å²) >= 11 is 0. The van der Waals surface area contributed by atoms with Crippen LogP contribution in [0.3, 0.4) is 0 Å². The topological polar surface area (TPSA) is 30.1 Å². The third kappa shape index (κ3) is 3.08. The van der Waals surface area contributed by atoms with Gasteiger partial charge >= 0.3 is 0 Å². The molecule has 0 spiro atoms. The zero-order valence-corrected chi connectivity index (χ0v) is 20.0. The second-order valence-corrected chi connectivity index (χ2v) is 9.51. The number of fused-ring (bicyclic) bond motifs is 7. The van der Waals surface area contributed by atoms with Gasteiger partial charge < -0.3 is 14.3 Å². The summed E-state index contributed by atoms with van der Waals surface area (Å²) in [5, 5.41) is 10.8. The van der Waals surface area contributed by atoms with Gasteiger partial charge in [-0.2, -0.15) is 0 Å². The molecule has 37 heavy (non-hydrogen) atoms. The summed E-state index contributed by atoms with van der Waals surface area (Å²) in [6.07, 6.45) is 0. The first-order valence-corrected chi connectivity index (χ1v) is 12.5. The SMILES string of the molecule is c1ccc2c(Nc3ccc4oc5cc(-n6c7ccccc7c7ccccc76)ccc5c4c3)cccc2c1. The number of rotatable bonds is 3. The number of para-hydroxylation sites is 2. The number of hydrogen-bond acceptors (Lipinski definition) is 2. The van der Waals surface area contributed by atoms with Crippen molar-refractivity contribution in [1.82, 2.24) is 4.57 Å².